The lowest BCUT2D eigenvalue weighted by molar-refractivity contribution is 0.149. The van der Waals surface area contributed by atoms with E-state index in [1.165, 1.54) is 24.3 Å². The van der Waals surface area contributed by atoms with Crippen LogP contribution in [0.5, 0.6) is 0 Å². The molecule has 5 heteroatoms. The Bertz CT molecular complexity index is 485. The lowest BCUT2D eigenvalue weighted by atomic mass is 10.2. The Hall–Kier alpha value is -1.38. The Labute approximate surface area is 102 Å². The molecule has 0 amide bonds. The lowest BCUT2D eigenvalue weighted by Crippen LogP contribution is -2.12. The molecular weight excluding hydrogens is 238 g/mol. The Balaban J connectivity index is 2.66. The highest BCUT2D eigenvalue weighted by molar-refractivity contribution is 7.91. The van der Waals surface area contributed by atoms with Crippen LogP contribution in [0.3, 0.4) is 0 Å². The number of rotatable bonds is 6. The van der Waals surface area contributed by atoms with Crippen LogP contribution in [-0.4, -0.2) is 27.4 Å². The van der Waals surface area contributed by atoms with E-state index >= 15 is 0 Å². The maximum Gasteiger partial charge on any atom is 0.180 e. The molecule has 0 heterocycles. The van der Waals surface area contributed by atoms with Gasteiger partial charge in [-0.05, 0) is 30.7 Å². The number of nitrogens with zero attached hydrogens (tertiary/aromatic N) is 1. The van der Waals surface area contributed by atoms with Crippen molar-refractivity contribution in [3.8, 4) is 6.07 Å². The molecule has 0 radical (unpaired) electrons. The first-order valence-electron chi connectivity index (χ1n) is 5.41. The van der Waals surface area contributed by atoms with Gasteiger partial charge in [-0.25, -0.2) is 8.42 Å². The van der Waals surface area contributed by atoms with Crippen LogP contribution in [0.2, 0.25) is 0 Å². The van der Waals surface area contributed by atoms with Crippen LogP contribution in [-0.2, 0) is 14.6 Å². The largest absolute Gasteiger partial charge is 0.380 e. The first-order valence-corrected chi connectivity index (χ1v) is 7.06. The molecule has 0 aliphatic carbocycles. The van der Waals surface area contributed by atoms with Gasteiger partial charge in [-0.3, -0.25) is 0 Å². The van der Waals surface area contributed by atoms with Crippen molar-refractivity contribution >= 4 is 9.84 Å². The number of ether oxygens (including phenoxy) is 1. The topological polar surface area (TPSA) is 67.2 Å². The number of hydrogen-bond acceptors (Lipinski definition) is 4. The van der Waals surface area contributed by atoms with Crippen molar-refractivity contribution in [2.45, 2.75) is 18.2 Å². The summed E-state index contributed by atoms with van der Waals surface area (Å²) in [6.45, 7) is 2.74. The zero-order valence-electron chi connectivity index (χ0n) is 9.72. The van der Waals surface area contributed by atoms with Crippen molar-refractivity contribution in [2.75, 3.05) is 19.0 Å². The molecular formula is C12H15NO3S. The molecule has 0 N–H and O–H groups in total. The van der Waals surface area contributed by atoms with Gasteiger partial charge in [-0.15, -0.1) is 0 Å². The van der Waals surface area contributed by atoms with Gasteiger partial charge in [0, 0.05) is 6.61 Å². The predicted octanol–water partition coefficient (Wildman–Crippen LogP) is 1.76. The summed E-state index contributed by atoms with van der Waals surface area (Å²) in [5, 5.41) is 8.61. The number of nitriles is 1. The maximum absolute atomic E-state index is 11.8. The Morgan fingerprint density at radius 3 is 2.41 bits per heavy atom. The highest BCUT2D eigenvalue weighted by Crippen LogP contribution is 2.12. The molecule has 17 heavy (non-hydrogen) atoms. The third-order valence-electron chi connectivity index (χ3n) is 2.19. The molecule has 0 aromatic heterocycles. The summed E-state index contributed by atoms with van der Waals surface area (Å²) in [6.07, 6.45) is 0.872. The van der Waals surface area contributed by atoms with Crippen molar-refractivity contribution in [3.63, 3.8) is 0 Å². The fourth-order valence-corrected chi connectivity index (χ4v) is 2.39. The van der Waals surface area contributed by atoms with Crippen LogP contribution in [0, 0.1) is 11.3 Å². The molecule has 1 aromatic rings. The van der Waals surface area contributed by atoms with Crippen LogP contribution in [0.1, 0.15) is 18.9 Å². The van der Waals surface area contributed by atoms with Gasteiger partial charge in [-0.2, -0.15) is 5.26 Å². The smallest absolute Gasteiger partial charge is 0.180 e. The van der Waals surface area contributed by atoms with Crippen LogP contribution in [0.4, 0.5) is 0 Å². The van der Waals surface area contributed by atoms with Crippen LogP contribution in [0.25, 0.3) is 0 Å². The summed E-state index contributed by atoms with van der Waals surface area (Å²) < 4.78 is 28.8. The van der Waals surface area contributed by atoms with E-state index in [9.17, 15) is 8.42 Å². The molecule has 0 fully saturated rings. The van der Waals surface area contributed by atoms with Gasteiger partial charge in [-0.1, -0.05) is 6.92 Å². The minimum Gasteiger partial charge on any atom is -0.380 e. The number of hydrogen-bond donors (Lipinski definition) is 0. The molecule has 0 aliphatic rings. The minimum absolute atomic E-state index is 0.0289. The van der Waals surface area contributed by atoms with Gasteiger partial charge >= 0.3 is 0 Å². The molecule has 1 rings (SSSR count). The van der Waals surface area contributed by atoms with Gasteiger partial charge < -0.3 is 4.74 Å². The summed E-state index contributed by atoms with van der Waals surface area (Å²) >= 11 is 0. The van der Waals surface area contributed by atoms with Crippen LogP contribution < -0.4 is 0 Å². The fraction of sp³-hybridized carbons (Fsp3) is 0.417. The fourth-order valence-electron chi connectivity index (χ4n) is 1.27. The minimum atomic E-state index is -3.30. The average molecular weight is 253 g/mol. The molecule has 0 aliphatic heterocycles. The quantitative estimate of drug-likeness (QED) is 0.724. The first kappa shape index (κ1) is 13.7. The van der Waals surface area contributed by atoms with Crippen molar-refractivity contribution in [2.24, 2.45) is 0 Å². The molecule has 0 saturated heterocycles. The van der Waals surface area contributed by atoms with E-state index < -0.39 is 9.84 Å². The molecule has 92 valence electrons. The zero-order chi connectivity index (χ0) is 12.7. The maximum atomic E-state index is 11.8. The molecule has 1 aromatic carbocycles. The van der Waals surface area contributed by atoms with Gasteiger partial charge in [0.25, 0.3) is 0 Å². The highest BCUT2D eigenvalue weighted by atomic mass is 32.2. The van der Waals surface area contributed by atoms with E-state index in [4.69, 9.17) is 10.00 Å². The third-order valence-corrected chi connectivity index (χ3v) is 3.88. The summed E-state index contributed by atoms with van der Waals surface area (Å²) in [7, 11) is -3.30. The molecule has 0 saturated carbocycles. The molecule has 0 unspecified atom stereocenters. The van der Waals surface area contributed by atoms with Crippen LogP contribution >= 0.6 is 0 Å². The van der Waals surface area contributed by atoms with Crippen molar-refractivity contribution < 1.29 is 13.2 Å². The SMILES string of the molecule is CCCOCCS(=O)(=O)c1ccc(C#N)cc1. The normalized spacial score (nSPS) is 11.1. The van der Waals surface area contributed by atoms with Gasteiger partial charge in [0.15, 0.2) is 9.84 Å². The number of sulfone groups is 1. The third kappa shape index (κ3) is 4.17. The molecule has 4 nitrogen and oxygen atoms in total. The second-order valence-corrected chi connectivity index (χ2v) is 5.68. The summed E-state index contributed by atoms with van der Waals surface area (Å²) in [4.78, 5) is 0.233. The van der Waals surface area contributed by atoms with E-state index in [2.05, 4.69) is 0 Å². The van der Waals surface area contributed by atoms with Crippen LogP contribution in [0.15, 0.2) is 29.2 Å². The van der Waals surface area contributed by atoms with E-state index in [-0.39, 0.29) is 17.3 Å². The monoisotopic (exact) mass is 253 g/mol. The predicted molar refractivity (Wildman–Crippen MR) is 64.3 cm³/mol. The lowest BCUT2D eigenvalue weighted by Gasteiger charge is -2.05. The zero-order valence-corrected chi connectivity index (χ0v) is 10.5. The second-order valence-electron chi connectivity index (χ2n) is 3.57. The van der Waals surface area contributed by atoms with Crippen molar-refractivity contribution in [3.05, 3.63) is 29.8 Å². The van der Waals surface area contributed by atoms with E-state index in [0.717, 1.165) is 6.42 Å². The highest BCUT2D eigenvalue weighted by Gasteiger charge is 2.13. The average Bonchev–Trinajstić information content (AvgIpc) is 2.35. The van der Waals surface area contributed by atoms with Crippen molar-refractivity contribution in [1.29, 1.82) is 5.26 Å². The molecule has 0 bridgehead atoms. The summed E-state index contributed by atoms with van der Waals surface area (Å²) in [6, 6.07) is 7.85. The van der Waals surface area contributed by atoms with E-state index in [1.807, 2.05) is 13.0 Å². The van der Waals surface area contributed by atoms with E-state index in [1.54, 1.807) is 0 Å². The standard InChI is InChI=1S/C12H15NO3S/c1-2-7-16-8-9-17(14,15)12-5-3-11(10-13)4-6-12/h3-6H,2,7-9H2,1H3. The van der Waals surface area contributed by atoms with Gasteiger partial charge in [0.05, 0.1) is 28.9 Å². The second kappa shape index (κ2) is 6.38. The van der Waals surface area contributed by atoms with Gasteiger partial charge in [0.2, 0.25) is 0 Å². The Kier molecular flexibility index (Phi) is 5.13. The summed E-state index contributed by atoms with van der Waals surface area (Å²) in [5.74, 6) is -0.0289. The molecule has 0 spiro atoms. The van der Waals surface area contributed by atoms with Crippen molar-refractivity contribution in [1.82, 2.24) is 0 Å². The Morgan fingerprint density at radius 2 is 1.88 bits per heavy atom. The molecule has 0 atom stereocenters. The number of benzene rings is 1. The Morgan fingerprint density at radius 1 is 1.24 bits per heavy atom. The first-order chi connectivity index (χ1) is 8.10. The van der Waals surface area contributed by atoms with Gasteiger partial charge in [0.1, 0.15) is 0 Å². The van der Waals surface area contributed by atoms with E-state index in [0.29, 0.717) is 12.2 Å². The summed E-state index contributed by atoms with van der Waals surface area (Å²) in [5.41, 5.74) is 0.450.